The zero-order chi connectivity index (χ0) is 16.9. The Morgan fingerprint density at radius 1 is 1.04 bits per heavy atom. The van der Waals surface area contributed by atoms with Crippen LogP contribution in [0, 0.1) is 0 Å². The van der Waals surface area contributed by atoms with Crippen molar-refractivity contribution in [1.29, 1.82) is 0 Å². The third kappa shape index (κ3) is 3.46. The molecule has 3 rings (SSSR count). The molecule has 0 amide bonds. The Kier molecular flexibility index (Phi) is 4.91. The lowest BCUT2D eigenvalue weighted by atomic mass is 10.2. The predicted molar refractivity (Wildman–Crippen MR) is 92.6 cm³/mol. The Morgan fingerprint density at radius 2 is 1.75 bits per heavy atom. The monoisotopic (exact) mass is 323 g/mol. The molecule has 124 valence electrons. The van der Waals surface area contributed by atoms with Crippen LogP contribution in [-0.4, -0.2) is 29.3 Å². The van der Waals surface area contributed by atoms with Gasteiger partial charge in [0.2, 0.25) is 5.89 Å². The Morgan fingerprint density at radius 3 is 2.50 bits per heavy atom. The molecule has 0 aliphatic carbocycles. The van der Waals surface area contributed by atoms with Crippen molar-refractivity contribution < 1.29 is 9.15 Å². The molecule has 5 heteroatoms. The molecule has 0 saturated heterocycles. The van der Waals surface area contributed by atoms with Crippen LogP contribution in [0.15, 0.2) is 59.0 Å². The quantitative estimate of drug-likeness (QED) is 0.688. The number of para-hydroxylation sites is 1. The number of methoxy groups -OCH3 is 1. The summed E-state index contributed by atoms with van der Waals surface area (Å²) in [5.41, 5.74) is 2.05. The maximum atomic E-state index is 5.89. The van der Waals surface area contributed by atoms with Crippen LogP contribution in [0.2, 0.25) is 0 Å². The first-order chi connectivity index (χ1) is 11.7. The maximum Gasteiger partial charge on any atom is 0.251 e. The van der Waals surface area contributed by atoms with Crippen molar-refractivity contribution in [1.82, 2.24) is 15.1 Å². The molecule has 1 atom stereocenters. The average Bonchev–Trinajstić information content (AvgIpc) is 3.11. The molecule has 0 radical (unpaired) electrons. The van der Waals surface area contributed by atoms with Gasteiger partial charge in [0.1, 0.15) is 5.75 Å². The van der Waals surface area contributed by atoms with Crippen molar-refractivity contribution in [3.05, 3.63) is 66.1 Å². The Labute approximate surface area is 141 Å². The zero-order valence-electron chi connectivity index (χ0n) is 14.1. The number of benzene rings is 2. The minimum atomic E-state index is 0.0150. The molecule has 0 bridgehead atoms. The second-order valence-electron chi connectivity index (χ2n) is 5.72. The van der Waals surface area contributed by atoms with Crippen LogP contribution in [0.25, 0.3) is 11.5 Å². The highest BCUT2D eigenvalue weighted by Crippen LogP contribution is 2.30. The minimum absolute atomic E-state index is 0.0150. The number of hydrogen-bond acceptors (Lipinski definition) is 5. The van der Waals surface area contributed by atoms with Crippen molar-refractivity contribution in [3.63, 3.8) is 0 Å². The molecule has 3 aromatic rings. The fraction of sp³-hybridized carbons (Fsp3) is 0.263. The molecule has 0 fully saturated rings. The summed E-state index contributed by atoms with van der Waals surface area (Å²) < 4.78 is 11.2. The molecule has 0 N–H and O–H groups in total. The minimum Gasteiger partial charge on any atom is -0.496 e. The summed E-state index contributed by atoms with van der Waals surface area (Å²) in [5, 5.41) is 8.40. The number of rotatable bonds is 6. The first-order valence-corrected chi connectivity index (χ1v) is 7.90. The zero-order valence-corrected chi connectivity index (χ0v) is 14.1. The van der Waals surface area contributed by atoms with Gasteiger partial charge in [0.15, 0.2) is 0 Å². The molecule has 24 heavy (non-hydrogen) atoms. The number of nitrogens with zero attached hydrogens (tertiary/aromatic N) is 3. The van der Waals surface area contributed by atoms with Crippen LogP contribution in [-0.2, 0) is 6.54 Å². The van der Waals surface area contributed by atoms with Gasteiger partial charge in [-0.3, -0.25) is 4.90 Å². The summed E-state index contributed by atoms with van der Waals surface area (Å²) in [4.78, 5) is 2.18. The fourth-order valence-corrected chi connectivity index (χ4v) is 2.53. The van der Waals surface area contributed by atoms with Gasteiger partial charge in [0, 0.05) is 6.54 Å². The molecule has 0 aliphatic heterocycles. The highest BCUT2D eigenvalue weighted by Gasteiger charge is 2.20. The van der Waals surface area contributed by atoms with E-state index in [-0.39, 0.29) is 6.04 Å². The van der Waals surface area contributed by atoms with Gasteiger partial charge in [-0.05, 0) is 31.7 Å². The maximum absolute atomic E-state index is 5.89. The van der Waals surface area contributed by atoms with Crippen molar-refractivity contribution in [3.8, 4) is 17.2 Å². The Bertz CT molecular complexity index is 786. The standard InChI is InChI=1S/C19H21N3O2/c1-14(22(2)13-15-9-5-4-6-10-15)18-20-21-19(24-18)16-11-7-8-12-17(16)23-3/h4-12,14H,13H2,1-3H3/t14-/m0/s1. The van der Waals surface area contributed by atoms with Crippen LogP contribution in [0.1, 0.15) is 24.4 Å². The van der Waals surface area contributed by atoms with Crippen molar-refractivity contribution in [2.24, 2.45) is 0 Å². The van der Waals surface area contributed by atoms with E-state index < -0.39 is 0 Å². The van der Waals surface area contributed by atoms with Gasteiger partial charge in [-0.2, -0.15) is 0 Å². The second-order valence-corrected chi connectivity index (χ2v) is 5.72. The molecule has 0 aliphatic rings. The molecule has 2 aromatic carbocycles. The largest absolute Gasteiger partial charge is 0.496 e. The van der Waals surface area contributed by atoms with Crippen molar-refractivity contribution >= 4 is 0 Å². The topological polar surface area (TPSA) is 51.4 Å². The summed E-state index contributed by atoms with van der Waals surface area (Å²) in [5.74, 6) is 1.79. The van der Waals surface area contributed by atoms with Crippen LogP contribution in [0.3, 0.4) is 0 Å². The molecule has 0 spiro atoms. The molecular formula is C19H21N3O2. The van der Waals surface area contributed by atoms with Crippen LogP contribution in [0.5, 0.6) is 5.75 Å². The lowest BCUT2D eigenvalue weighted by molar-refractivity contribution is 0.218. The number of ether oxygens (including phenoxy) is 1. The summed E-state index contributed by atoms with van der Waals surface area (Å²) in [6.45, 7) is 2.87. The Hall–Kier alpha value is -2.66. The lowest BCUT2D eigenvalue weighted by Gasteiger charge is -2.21. The molecule has 1 aromatic heterocycles. The SMILES string of the molecule is COc1ccccc1-c1nnc([C@H](C)N(C)Cc2ccccc2)o1. The van der Waals surface area contributed by atoms with E-state index in [9.17, 15) is 0 Å². The van der Waals surface area contributed by atoms with Gasteiger partial charge in [0.05, 0.1) is 18.7 Å². The van der Waals surface area contributed by atoms with Gasteiger partial charge in [-0.1, -0.05) is 42.5 Å². The van der Waals surface area contributed by atoms with Crippen LogP contribution >= 0.6 is 0 Å². The predicted octanol–water partition coefficient (Wildman–Crippen LogP) is 3.94. The highest BCUT2D eigenvalue weighted by atomic mass is 16.5. The van der Waals surface area contributed by atoms with Gasteiger partial charge < -0.3 is 9.15 Å². The first kappa shape index (κ1) is 16.2. The third-order valence-electron chi connectivity index (χ3n) is 4.07. The van der Waals surface area contributed by atoms with Crippen LogP contribution in [0.4, 0.5) is 0 Å². The van der Waals surface area contributed by atoms with E-state index in [1.807, 2.05) is 49.5 Å². The first-order valence-electron chi connectivity index (χ1n) is 7.90. The fourth-order valence-electron chi connectivity index (χ4n) is 2.53. The summed E-state index contributed by atoms with van der Waals surface area (Å²) in [6, 6.07) is 18.0. The highest BCUT2D eigenvalue weighted by molar-refractivity contribution is 5.62. The average molecular weight is 323 g/mol. The van der Waals surface area contributed by atoms with Crippen LogP contribution < -0.4 is 4.74 Å². The molecule has 1 heterocycles. The van der Waals surface area contributed by atoms with E-state index in [0.29, 0.717) is 11.8 Å². The van der Waals surface area contributed by atoms with Gasteiger partial charge >= 0.3 is 0 Å². The summed E-state index contributed by atoms with van der Waals surface area (Å²) >= 11 is 0. The van der Waals surface area contributed by atoms with E-state index >= 15 is 0 Å². The van der Waals surface area contributed by atoms with E-state index in [0.717, 1.165) is 17.9 Å². The molecule has 5 nitrogen and oxygen atoms in total. The lowest BCUT2D eigenvalue weighted by Crippen LogP contribution is -2.22. The van der Waals surface area contributed by atoms with Gasteiger partial charge in [-0.25, -0.2) is 0 Å². The van der Waals surface area contributed by atoms with E-state index in [4.69, 9.17) is 9.15 Å². The van der Waals surface area contributed by atoms with E-state index in [1.165, 1.54) is 5.56 Å². The Balaban J connectivity index is 1.77. The number of hydrogen-bond donors (Lipinski definition) is 0. The van der Waals surface area contributed by atoms with Gasteiger partial charge in [-0.15, -0.1) is 10.2 Å². The molecule has 0 saturated carbocycles. The van der Waals surface area contributed by atoms with E-state index in [2.05, 4.69) is 34.2 Å². The molecular weight excluding hydrogens is 302 g/mol. The smallest absolute Gasteiger partial charge is 0.251 e. The van der Waals surface area contributed by atoms with Crippen molar-refractivity contribution in [2.45, 2.75) is 19.5 Å². The van der Waals surface area contributed by atoms with E-state index in [1.54, 1.807) is 7.11 Å². The normalized spacial score (nSPS) is 12.3. The van der Waals surface area contributed by atoms with Crippen molar-refractivity contribution in [2.75, 3.05) is 14.2 Å². The number of aromatic nitrogens is 2. The van der Waals surface area contributed by atoms with Gasteiger partial charge in [0.25, 0.3) is 5.89 Å². The molecule has 0 unspecified atom stereocenters. The summed E-state index contributed by atoms with van der Waals surface area (Å²) in [6.07, 6.45) is 0. The third-order valence-corrected chi connectivity index (χ3v) is 4.07. The second kappa shape index (κ2) is 7.27. The summed E-state index contributed by atoms with van der Waals surface area (Å²) in [7, 11) is 3.68.